The molecule has 1 N–H and O–H groups in total. The summed E-state index contributed by atoms with van der Waals surface area (Å²) in [5, 5.41) is 10.9. The quantitative estimate of drug-likeness (QED) is 0.623. The number of methoxy groups -OCH3 is 2. The van der Waals surface area contributed by atoms with E-state index in [-0.39, 0.29) is 29.5 Å². The van der Waals surface area contributed by atoms with E-state index in [1.54, 1.807) is 0 Å². The number of ether oxygens (including phenoxy) is 3. The van der Waals surface area contributed by atoms with Crippen molar-refractivity contribution in [1.29, 1.82) is 0 Å². The molecular formula is C13H19N5O5S. The number of hydrogen-bond donors (Lipinski definition) is 1. The van der Waals surface area contributed by atoms with Crippen molar-refractivity contribution in [3.63, 3.8) is 0 Å². The first-order valence-corrected chi connectivity index (χ1v) is 8.58. The fraction of sp³-hybridized carbons (Fsp3) is 0.462. The molecule has 0 radical (unpaired) electrons. The molecule has 1 aromatic heterocycles. The van der Waals surface area contributed by atoms with E-state index in [1.165, 1.54) is 37.4 Å². The van der Waals surface area contributed by atoms with E-state index in [4.69, 9.17) is 14.2 Å². The topological polar surface area (TPSA) is 117 Å². The van der Waals surface area contributed by atoms with E-state index >= 15 is 0 Å². The second-order valence-electron chi connectivity index (χ2n) is 4.52. The molecule has 0 amide bonds. The van der Waals surface area contributed by atoms with E-state index in [0.29, 0.717) is 12.3 Å². The Balaban J connectivity index is 2.39. The Morgan fingerprint density at radius 3 is 2.54 bits per heavy atom. The molecule has 0 aliphatic heterocycles. The van der Waals surface area contributed by atoms with E-state index in [1.807, 2.05) is 6.92 Å². The highest BCUT2D eigenvalue weighted by Crippen LogP contribution is 2.33. The Kier molecular flexibility index (Phi) is 6.06. The van der Waals surface area contributed by atoms with Gasteiger partial charge in [0.05, 0.1) is 20.8 Å². The van der Waals surface area contributed by atoms with Crippen molar-refractivity contribution in [1.82, 2.24) is 24.9 Å². The zero-order chi connectivity index (χ0) is 17.6. The van der Waals surface area contributed by atoms with Gasteiger partial charge in [0.25, 0.3) is 0 Å². The summed E-state index contributed by atoms with van der Waals surface area (Å²) in [7, 11) is -0.993. The molecular weight excluding hydrogens is 338 g/mol. The predicted molar refractivity (Wildman–Crippen MR) is 83.9 cm³/mol. The van der Waals surface area contributed by atoms with Crippen LogP contribution in [-0.4, -0.2) is 62.6 Å². The van der Waals surface area contributed by atoms with Crippen molar-refractivity contribution in [3.05, 3.63) is 18.5 Å². The van der Waals surface area contributed by atoms with Crippen molar-refractivity contribution in [2.24, 2.45) is 0 Å². The summed E-state index contributed by atoms with van der Waals surface area (Å²) >= 11 is 0. The monoisotopic (exact) mass is 357 g/mol. The van der Waals surface area contributed by atoms with Crippen molar-refractivity contribution < 1.29 is 22.6 Å². The van der Waals surface area contributed by atoms with Gasteiger partial charge in [0.1, 0.15) is 28.4 Å². The molecule has 0 saturated carbocycles. The minimum Gasteiger partial charge on any atom is -0.495 e. The second-order valence-corrected chi connectivity index (χ2v) is 6.26. The SMILES string of the molecule is CCOCCNS(=O)(=O)c1cc(OC)c(-n2cnnn2)cc1OC. The molecule has 0 saturated heterocycles. The van der Waals surface area contributed by atoms with E-state index < -0.39 is 10.0 Å². The number of aromatic nitrogens is 4. The fourth-order valence-electron chi connectivity index (χ4n) is 1.98. The minimum absolute atomic E-state index is 0.0461. The maximum absolute atomic E-state index is 12.5. The Morgan fingerprint density at radius 2 is 1.96 bits per heavy atom. The summed E-state index contributed by atoms with van der Waals surface area (Å²) < 4.78 is 44.4. The van der Waals surface area contributed by atoms with Gasteiger partial charge in [0.15, 0.2) is 0 Å². The first kappa shape index (κ1) is 18.1. The third-order valence-electron chi connectivity index (χ3n) is 3.09. The highest BCUT2D eigenvalue weighted by molar-refractivity contribution is 7.89. The van der Waals surface area contributed by atoms with Crippen molar-refractivity contribution >= 4 is 10.0 Å². The molecule has 11 heteroatoms. The van der Waals surface area contributed by atoms with Crippen molar-refractivity contribution in [2.75, 3.05) is 34.0 Å². The Morgan fingerprint density at radius 1 is 1.21 bits per heavy atom. The van der Waals surface area contributed by atoms with Crippen molar-refractivity contribution in [2.45, 2.75) is 11.8 Å². The molecule has 0 aliphatic carbocycles. The highest BCUT2D eigenvalue weighted by Gasteiger charge is 2.23. The lowest BCUT2D eigenvalue weighted by molar-refractivity contribution is 0.153. The number of nitrogens with zero attached hydrogens (tertiary/aromatic N) is 4. The third-order valence-corrected chi connectivity index (χ3v) is 4.58. The molecule has 0 fully saturated rings. The lowest BCUT2D eigenvalue weighted by Gasteiger charge is -2.15. The molecule has 1 heterocycles. The summed E-state index contributed by atoms with van der Waals surface area (Å²) in [5.74, 6) is 0.429. The maximum Gasteiger partial charge on any atom is 0.244 e. The van der Waals surface area contributed by atoms with Crippen LogP contribution in [0.25, 0.3) is 5.69 Å². The largest absolute Gasteiger partial charge is 0.495 e. The van der Waals surface area contributed by atoms with Crippen LogP contribution in [0.1, 0.15) is 6.92 Å². The van der Waals surface area contributed by atoms with Crippen LogP contribution in [0, 0.1) is 0 Å². The fourth-order valence-corrected chi connectivity index (χ4v) is 3.16. The van der Waals surface area contributed by atoms with Crippen molar-refractivity contribution in [3.8, 4) is 17.2 Å². The second kappa shape index (κ2) is 8.04. The molecule has 0 spiro atoms. The van der Waals surface area contributed by atoms with Crippen LogP contribution in [-0.2, 0) is 14.8 Å². The molecule has 0 aliphatic rings. The molecule has 1 aromatic carbocycles. The molecule has 0 atom stereocenters. The smallest absolute Gasteiger partial charge is 0.244 e. The minimum atomic E-state index is -3.80. The van der Waals surface area contributed by atoms with Gasteiger partial charge in [-0.15, -0.1) is 5.10 Å². The first-order valence-electron chi connectivity index (χ1n) is 7.10. The molecule has 132 valence electrons. The summed E-state index contributed by atoms with van der Waals surface area (Å²) in [4.78, 5) is -0.0461. The van der Waals surface area contributed by atoms with Gasteiger partial charge in [0, 0.05) is 25.3 Å². The number of nitrogens with one attached hydrogen (secondary N) is 1. The Hall–Kier alpha value is -2.24. The first-order chi connectivity index (χ1) is 11.5. The molecule has 2 rings (SSSR count). The Bertz CT molecular complexity index is 763. The average molecular weight is 357 g/mol. The standard InChI is InChI=1S/C13H19N5O5S/c1-4-23-6-5-15-24(19,20)13-8-11(21-2)10(7-12(13)22-3)18-9-14-16-17-18/h7-9,15H,4-6H2,1-3H3. The number of benzene rings is 1. The van der Waals surface area contributed by atoms with Crippen LogP contribution in [0.2, 0.25) is 0 Å². The van der Waals surface area contributed by atoms with Gasteiger partial charge in [-0.1, -0.05) is 0 Å². The predicted octanol–water partition coefficient (Wildman–Crippen LogP) is -0.00570. The van der Waals surface area contributed by atoms with Gasteiger partial charge < -0.3 is 14.2 Å². The van der Waals surface area contributed by atoms with E-state index in [9.17, 15) is 8.42 Å². The number of rotatable bonds is 9. The maximum atomic E-state index is 12.5. The lowest BCUT2D eigenvalue weighted by atomic mass is 10.2. The van der Waals surface area contributed by atoms with E-state index in [0.717, 1.165) is 0 Å². The van der Waals surface area contributed by atoms with Crippen LogP contribution in [0.3, 0.4) is 0 Å². The van der Waals surface area contributed by atoms with Crippen LogP contribution in [0.4, 0.5) is 0 Å². The van der Waals surface area contributed by atoms with Crippen LogP contribution in [0.15, 0.2) is 23.4 Å². The normalized spacial score (nSPS) is 11.5. The molecule has 10 nitrogen and oxygen atoms in total. The van der Waals surface area contributed by atoms with Gasteiger partial charge in [0.2, 0.25) is 10.0 Å². The molecule has 0 unspecified atom stereocenters. The van der Waals surface area contributed by atoms with Gasteiger partial charge in [-0.3, -0.25) is 0 Å². The van der Waals surface area contributed by atoms with Crippen LogP contribution < -0.4 is 14.2 Å². The summed E-state index contributed by atoms with van der Waals surface area (Å²) in [6, 6.07) is 2.85. The van der Waals surface area contributed by atoms with Gasteiger partial charge in [-0.05, 0) is 17.4 Å². The number of hydrogen-bond acceptors (Lipinski definition) is 8. The summed E-state index contributed by atoms with van der Waals surface area (Å²) in [5.41, 5.74) is 0.451. The van der Waals surface area contributed by atoms with Crippen LogP contribution in [0.5, 0.6) is 11.5 Å². The number of tetrazole rings is 1. The Labute approximate surface area is 139 Å². The van der Waals surface area contributed by atoms with Gasteiger partial charge in [-0.25, -0.2) is 13.1 Å². The molecule has 24 heavy (non-hydrogen) atoms. The van der Waals surface area contributed by atoms with E-state index in [2.05, 4.69) is 20.2 Å². The van der Waals surface area contributed by atoms with Gasteiger partial charge >= 0.3 is 0 Å². The van der Waals surface area contributed by atoms with Gasteiger partial charge in [-0.2, -0.15) is 4.68 Å². The number of sulfonamides is 1. The third kappa shape index (κ3) is 3.99. The van der Waals surface area contributed by atoms with Crippen LogP contribution >= 0.6 is 0 Å². The zero-order valence-corrected chi connectivity index (χ0v) is 14.4. The average Bonchev–Trinajstić information content (AvgIpc) is 3.12. The summed E-state index contributed by atoms with van der Waals surface area (Å²) in [6.45, 7) is 2.77. The highest BCUT2D eigenvalue weighted by atomic mass is 32.2. The zero-order valence-electron chi connectivity index (χ0n) is 13.6. The molecule has 2 aromatic rings. The lowest BCUT2D eigenvalue weighted by Crippen LogP contribution is -2.28. The molecule has 0 bridgehead atoms. The summed E-state index contributed by atoms with van der Waals surface area (Å²) in [6.07, 6.45) is 1.37.